The lowest BCUT2D eigenvalue weighted by Gasteiger charge is -2.36. The molecule has 1 aliphatic heterocycles. The summed E-state index contributed by atoms with van der Waals surface area (Å²) in [6.45, 7) is 3.11. The molecule has 3 rings (SSSR count). The molecule has 5 nitrogen and oxygen atoms in total. The molecule has 1 aliphatic rings. The van der Waals surface area contributed by atoms with Gasteiger partial charge in [-0.05, 0) is 18.4 Å². The number of halogens is 1. The number of fused-ring (bicyclic) bond motifs is 1. The summed E-state index contributed by atoms with van der Waals surface area (Å²) in [5, 5.41) is 8.93. The van der Waals surface area contributed by atoms with Crippen LogP contribution in [0.25, 0.3) is 10.9 Å². The lowest BCUT2D eigenvalue weighted by Crippen LogP contribution is -2.47. The van der Waals surface area contributed by atoms with Crippen molar-refractivity contribution >= 4 is 45.2 Å². The molecule has 0 saturated carbocycles. The third-order valence-corrected chi connectivity index (χ3v) is 4.38. The summed E-state index contributed by atoms with van der Waals surface area (Å²) in [5.41, 5.74) is 2.02. The Morgan fingerprint density at radius 3 is 2.80 bits per heavy atom. The van der Waals surface area contributed by atoms with Crippen molar-refractivity contribution in [1.29, 1.82) is 0 Å². The monoisotopic (exact) mass is 310 g/mol. The number of aromatic nitrogens is 2. The van der Waals surface area contributed by atoms with E-state index in [-0.39, 0.29) is 5.24 Å². The summed E-state index contributed by atoms with van der Waals surface area (Å²) >= 11 is 7.43. The van der Waals surface area contributed by atoms with Crippen LogP contribution in [0.2, 0.25) is 5.02 Å². The molecule has 0 bridgehead atoms. The maximum atomic E-state index is 11.7. The van der Waals surface area contributed by atoms with Crippen LogP contribution < -0.4 is 4.90 Å². The number of carbonyl (C=O) groups excluding carboxylic acids is 1. The van der Waals surface area contributed by atoms with Crippen LogP contribution in [0.1, 0.15) is 0 Å². The normalized spacial score (nSPS) is 15.9. The van der Waals surface area contributed by atoms with E-state index >= 15 is 0 Å². The van der Waals surface area contributed by atoms with Crippen LogP contribution in [0.15, 0.2) is 18.3 Å². The van der Waals surface area contributed by atoms with Gasteiger partial charge in [-0.25, -0.2) is 0 Å². The number of nitrogens with one attached hydrogen (secondary N) is 1. The smallest absolute Gasteiger partial charge is 0.281 e. The second-order valence-electron chi connectivity index (χ2n) is 4.70. The van der Waals surface area contributed by atoms with Crippen molar-refractivity contribution in [2.45, 2.75) is 0 Å². The number of anilines is 1. The molecular weight excluding hydrogens is 296 g/mol. The molecule has 0 unspecified atom stereocenters. The maximum absolute atomic E-state index is 11.7. The molecule has 2 heterocycles. The second kappa shape index (κ2) is 5.54. The van der Waals surface area contributed by atoms with Gasteiger partial charge >= 0.3 is 0 Å². The molecule has 106 valence electrons. The van der Waals surface area contributed by atoms with Gasteiger partial charge in [0.15, 0.2) is 0 Å². The summed E-state index contributed by atoms with van der Waals surface area (Å²) in [6, 6.07) is 3.84. The Balaban J connectivity index is 1.83. The molecule has 1 aromatic heterocycles. The summed E-state index contributed by atoms with van der Waals surface area (Å²) < 4.78 is 0. The third-order valence-electron chi connectivity index (χ3n) is 3.55. The standard InChI is InChI=1S/C13H15ClN4OS/c1-20-13(19)18-4-2-17(3-5-18)12-7-9(14)6-11-10(12)8-15-16-11/h6-8H,2-5H2,1H3,(H,15,16). The third kappa shape index (κ3) is 2.45. The van der Waals surface area contributed by atoms with E-state index in [1.165, 1.54) is 11.8 Å². The number of hydrogen-bond acceptors (Lipinski definition) is 4. The SMILES string of the molecule is CSC(=O)N1CCN(c2cc(Cl)cc3[nH]ncc23)CC1. The number of carbonyl (C=O) groups is 1. The topological polar surface area (TPSA) is 52.2 Å². The molecule has 1 fully saturated rings. The van der Waals surface area contributed by atoms with Crippen molar-refractivity contribution in [2.75, 3.05) is 37.3 Å². The first-order valence-electron chi connectivity index (χ1n) is 6.39. The Labute approximate surface area is 126 Å². The molecule has 0 spiro atoms. The Morgan fingerprint density at radius 1 is 1.35 bits per heavy atom. The first-order chi connectivity index (χ1) is 9.69. The fourth-order valence-corrected chi connectivity index (χ4v) is 3.17. The van der Waals surface area contributed by atoms with Gasteiger partial charge in [0.2, 0.25) is 0 Å². The average molecular weight is 311 g/mol. The average Bonchev–Trinajstić information content (AvgIpc) is 2.94. The molecule has 2 aromatic rings. The van der Waals surface area contributed by atoms with Crippen LogP contribution in [-0.4, -0.2) is 52.8 Å². The van der Waals surface area contributed by atoms with Crippen molar-refractivity contribution in [1.82, 2.24) is 15.1 Å². The van der Waals surface area contributed by atoms with Gasteiger partial charge in [-0.1, -0.05) is 23.4 Å². The lowest BCUT2D eigenvalue weighted by molar-refractivity contribution is 0.219. The van der Waals surface area contributed by atoms with E-state index in [0.29, 0.717) is 5.02 Å². The molecule has 0 atom stereocenters. The van der Waals surface area contributed by atoms with E-state index in [2.05, 4.69) is 15.1 Å². The number of hydrogen-bond donors (Lipinski definition) is 1. The van der Waals surface area contributed by atoms with Crippen LogP contribution >= 0.6 is 23.4 Å². The molecule has 0 aliphatic carbocycles. The van der Waals surface area contributed by atoms with Gasteiger partial charge in [0.25, 0.3) is 5.24 Å². The van der Waals surface area contributed by atoms with E-state index in [9.17, 15) is 4.79 Å². The van der Waals surface area contributed by atoms with Gasteiger partial charge in [-0.15, -0.1) is 0 Å². The molecule has 1 N–H and O–H groups in total. The van der Waals surface area contributed by atoms with Crippen LogP contribution in [0.4, 0.5) is 10.5 Å². The molecule has 1 amide bonds. The zero-order valence-electron chi connectivity index (χ0n) is 11.1. The van der Waals surface area contributed by atoms with Gasteiger partial charge < -0.3 is 9.80 Å². The fourth-order valence-electron chi connectivity index (χ4n) is 2.52. The van der Waals surface area contributed by atoms with Crippen LogP contribution in [0, 0.1) is 0 Å². The number of H-pyrrole nitrogens is 1. The van der Waals surface area contributed by atoms with Crippen molar-refractivity contribution < 1.29 is 4.79 Å². The Hall–Kier alpha value is -1.40. The van der Waals surface area contributed by atoms with E-state index in [4.69, 9.17) is 11.6 Å². The molecule has 0 radical (unpaired) electrons. The Kier molecular flexibility index (Phi) is 3.76. The largest absolute Gasteiger partial charge is 0.367 e. The fraction of sp³-hybridized carbons (Fsp3) is 0.385. The molecular formula is C13H15ClN4OS. The molecule has 1 aromatic carbocycles. The Bertz CT molecular complexity index is 636. The van der Waals surface area contributed by atoms with E-state index in [1.807, 2.05) is 29.5 Å². The van der Waals surface area contributed by atoms with Gasteiger partial charge in [-0.3, -0.25) is 9.89 Å². The summed E-state index contributed by atoms with van der Waals surface area (Å²) in [7, 11) is 0. The highest BCUT2D eigenvalue weighted by Gasteiger charge is 2.22. The van der Waals surface area contributed by atoms with E-state index in [1.54, 1.807) is 0 Å². The highest BCUT2D eigenvalue weighted by molar-refractivity contribution is 8.12. The van der Waals surface area contributed by atoms with Crippen LogP contribution in [-0.2, 0) is 0 Å². The van der Waals surface area contributed by atoms with Crippen molar-refractivity contribution in [3.63, 3.8) is 0 Å². The van der Waals surface area contributed by atoms with Crippen molar-refractivity contribution in [3.8, 4) is 0 Å². The molecule has 7 heteroatoms. The predicted molar refractivity (Wildman–Crippen MR) is 83.8 cm³/mol. The van der Waals surface area contributed by atoms with Gasteiger partial charge in [0.1, 0.15) is 0 Å². The van der Waals surface area contributed by atoms with Gasteiger partial charge in [0.05, 0.1) is 11.7 Å². The number of rotatable bonds is 1. The highest BCUT2D eigenvalue weighted by atomic mass is 35.5. The summed E-state index contributed by atoms with van der Waals surface area (Å²) in [6.07, 6.45) is 3.64. The van der Waals surface area contributed by atoms with Gasteiger partial charge in [-0.2, -0.15) is 5.10 Å². The molecule has 20 heavy (non-hydrogen) atoms. The maximum Gasteiger partial charge on any atom is 0.281 e. The highest BCUT2D eigenvalue weighted by Crippen LogP contribution is 2.30. The summed E-state index contributed by atoms with van der Waals surface area (Å²) in [4.78, 5) is 15.8. The van der Waals surface area contributed by atoms with Gasteiger partial charge in [0, 0.05) is 42.3 Å². The summed E-state index contributed by atoms with van der Waals surface area (Å²) in [5.74, 6) is 0. The predicted octanol–water partition coefficient (Wildman–Crippen LogP) is 2.82. The van der Waals surface area contributed by atoms with Crippen molar-refractivity contribution in [3.05, 3.63) is 23.4 Å². The number of piperazine rings is 1. The first kappa shape index (κ1) is 13.6. The van der Waals surface area contributed by atoms with E-state index < -0.39 is 0 Å². The van der Waals surface area contributed by atoms with Crippen LogP contribution in [0.5, 0.6) is 0 Å². The second-order valence-corrected chi connectivity index (χ2v) is 5.89. The van der Waals surface area contributed by atoms with Crippen LogP contribution in [0.3, 0.4) is 0 Å². The number of amides is 1. The number of nitrogens with zero attached hydrogens (tertiary/aromatic N) is 3. The number of aromatic amines is 1. The minimum absolute atomic E-state index is 0.143. The zero-order valence-corrected chi connectivity index (χ0v) is 12.7. The first-order valence-corrected chi connectivity index (χ1v) is 8.00. The number of thioether (sulfide) groups is 1. The minimum Gasteiger partial charge on any atom is -0.367 e. The lowest BCUT2D eigenvalue weighted by atomic mass is 10.2. The minimum atomic E-state index is 0.143. The molecule has 1 saturated heterocycles. The quantitative estimate of drug-likeness (QED) is 0.880. The Morgan fingerprint density at radius 2 is 2.10 bits per heavy atom. The van der Waals surface area contributed by atoms with Crippen molar-refractivity contribution in [2.24, 2.45) is 0 Å². The number of benzene rings is 1. The van der Waals surface area contributed by atoms with E-state index in [0.717, 1.165) is 42.8 Å². The zero-order chi connectivity index (χ0) is 14.1.